The lowest BCUT2D eigenvalue weighted by Crippen LogP contribution is -2.22. The number of hydrogen-bond donors (Lipinski definition) is 0. The monoisotopic (exact) mass is 495 g/mol. The van der Waals surface area contributed by atoms with E-state index in [-0.39, 0.29) is 16.1 Å². The molecule has 4 aromatic rings. The second-order valence-corrected chi connectivity index (χ2v) is 8.59. The van der Waals surface area contributed by atoms with Crippen LogP contribution in [0, 0.1) is 26.6 Å². The van der Waals surface area contributed by atoms with Gasteiger partial charge in [-0.25, -0.2) is 13.9 Å². The normalized spacial score (nSPS) is 11.0. The summed E-state index contributed by atoms with van der Waals surface area (Å²) in [7, 11) is 1.79. The van der Waals surface area contributed by atoms with Crippen LogP contribution in [0.1, 0.15) is 37.8 Å². The van der Waals surface area contributed by atoms with Gasteiger partial charge in [-0.2, -0.15) is 0 Å². The van der Waals surface area contributed by atoms with E-state index in [9.17, 15) is 18.8 Å². The Morgan fingerprint density at radius 2 is 1.66 bits per heavy atom. The molecule has 2 aromatic carbocycles. The van der Waals surface area contributed by atoms with Gasteiger partial charge in [-0.3, -0.25) is 14.3 Å². The van der Waals surface area contributed by atoms with Crippen LogP contribution in [-0.2, 0) is 11.8 Å². The van der Waals surface area contributed by atoms with E-state index in [2.05, 4.69) is 0 Å². The fourth-order valence-corrected chi connectivity index (χ4v) is 4.31. The molecule has 0 spiro atoms. The standard InChI is InChI=1S/C26H23ClFN3O4/c1-15-12-20(23(32)14-35-26(34)21-13-18(27)10-11-22(21)28)16(2)30(15)24-17(3)29(4)31(25(24)33)19-8-6-5-7-9-19/h5-13H,14H2,1-4H3. The van der Waals surface area contributed by atoms with E-state index in [4.69, 9.17) is 16.3 Å². The largest absolute Gasteiger partial charge is 0.454 e. The molecule has 0 bridgehead atoms. The maximum absolute atomic E-state index is 13.9. The smallest absolute Gasteiger partial charge is 0.341 e. The van der Waals surface area contributed by atoms with Crippen molar-refractivity contribution in [2.45, 2.75) is 20.8 Å². The highest BCUT2D eigenvalue weighted by Gasteiger charge is 2.24. The second-order valence-electron chi connectivity index (χ2n) is 8.15. The van der Waals surface area contributed by atoms with E-state index < -0.39 is 24.2 Å². The molecule has 0 saturated carbocycles. The number of para-hydroxylation sites is 1. The van der Waals surface area contributed by atoms with E-state index in [1.165, 1.54) is 6.07 Å². The van der Waals surface area contributed by atoms with Gasteiger partial charge in [0.15, 0.2) is 6.61 Å². The molecule has 0 N–H and O–H groups in total. The second kappa shape index (κ2) is 9.38. The number of rotatable bonds is 6. The third kappa shape index (κ3) is 4.33. The Labute approximate surface area is 205 Å². The number of halogens is 2. The van der Waals surface area contributed by atoms with Crippen LogP contribution in [0.2, 0.25) is 5.02 Å². The van der Waals surface area contributed by atoms with Crippen LogP contribution in [0.4, 0.5) is 4.39 Å². The molecule has 7 nitrogen and oxygen atoms in total. The van der Waals surface area contributed by atoms with Gasteiger partial charge in [0.05, 0.1) is 16.9 Å². The summed E-state index contributed by atoms with van der Waals surface area (Å²) < 4.78 is 24.0. The van der Waals surface area contributed by atoms with E-state index in [1.807, 2.05) is 37.3 Å². The summed E-state index contributed by atoms with van der Waals surface area (Å²) in [5.74, 6) is -2.26. The Morgan fingerprint density at radius 1 is 0.971 bits per heavy atom. The van der Waals surface area contributed by atoms with Crippen LogP contribution in [-0.4, -0.2) is 32.3 Å². The van der Waals surface area contributed by atoms with Crippen molar-refractivity contribution in [1.29, 1.82) is 0 Å². The molecule has 180 valence electrons. The number of carbonyl (C=O) groups is 2. The molecular formula is C26H23ClFN3O4. The van der Waals surface area contributed by atoms with Crippen molar-refractivity contribution in [3.63, 3.8) is 0 Å². The van der Waals surface area contributed by atoms with Crippen LogP contribution >= 0.6 is 11.6 Å². The van der Waals surface area contributed by atoms with Crippen molar-refractivity contribution in [3.8, 4) is 11.4 Å². The maximum Gasteiger partial charge on any atom is 0.341 e. The number of esters is 1. The van der Waals surface area contributed by atoms with Crippen molar-refractivity contribution in [1.82, 2.24) is 13.9 Å². The number of ketones is 1. The number of Topliss-reactive ketones (excluding diaryl/α,β-unsaturated/α-hetero) is 1. The van der Waals surface area contributed by atoms with Gasteiger partial charge in [0, 0.05) is 29.0 Å². The molecule has 0 aliphatic carbocycles. The molecule has 0 saturated heterocycles. The lowest BCUT2D eigenvalue weighted by molar-refractivity contribution is 0.0470. The minimum Gasteiger partial charge on any atom is -0.454 e. The highest BCUT2D eigenvalue weighted by Crippen LogP contribution is 2.23. The summed E-state index contributed by atoms with van der Waals surface area (Å²) in [6, 6.07) is 14.4. The Morgan fingerprint density at radius 3 is 2.34 bits per heavy atom. The molecule has 0 unspecified atom stereocenters. The summed E-state index contributed by atoms with van der Waals surface area (Å²) in [6.07, 6.45) is 0. The van der Waals surface area contributed by atoms with Crippen molar-refractivity contribution >= 4 is 23.4 Å². The van der Waals surface area contributed by atoms with Crippen molar-refractivity contribution in [3.05, 3.63) is 104 Å². The molecule has 0 aliphatic rings. The molecule has 4 rings (SSSR count). The molecule has 0 amide bonds. The SMILES string of the molecule is Cc1cc(C(=O)COC(=O)c2cc(Cl)ccc2F)c(C)n1-c1c(C)n(C)n(-c2ccccc2)c1=O. The van der Waals surface area contributed by atoms with Crippen molar-refractivity contribution in [2.24, 2.45) is 7.05 Å². The first kappa shape index (κ1) is 24.2. The first-order valence-corrected chi connectivity index (χ1v) is 11.2. The fourth-order valence-electron chi connectivity index (χ4n) is 4.14. The fraction of sp³-hybridized carbons (Fsp3) is 0.192. The van der Waals surface area contributed by atoms with Gasteiger partial charge in [0.2, 0.25) is 5.78 Å². The Balaban J connectivity index is 1.65. The van der Waals surface area contributed by atoms with Gasteiger partial charge in [-0.15, -0.1) is 0 Å². The number of hydrogen-bond acceptors (Lipinski definition) is 4. The molecule has 2 aromatic heterocycles. The van der Waals surface area contributed by atoms with Gasteiger partial charge in [-0.1, -0.05) is 29.8 Å². The average Bonchev–Trinajstić information content (AvgIpc) is 3.24. The van der Waals surface area contributed by atoms with E-state index in [1.54, 1.807) is 40.9 Å². The topological polar surface area (TPSA) is 75.2 Å². The molecule has 2 heterocycles. The van der Waals surface area contributed by atoms with Crippen LogP contribution < -0.4 is 5.56 Å². The zero-order valence-corrected chi connectivity index (χ0v) is 20.4. The van der Waals surface area contributed by atoms with Gasteiger partial charge < -0.3 is 9.30 Å². The van der Waals surface area contributed by atoms with Crippen LogP contribution in [0.5, 0.6) is 0 Å². The number of aryl methyl sites for hydroxylation is 1. The lowest BCUT2D eigenvalue weighted by Gasteiger charge is -2.09. The van der Waals surface area contributed by atoms with Gasteiger partial charge >= 0.3 is 5.97 Å². The summed E-state index contributed by atoms with van der Waals surface area (Å²) in [5.41, 5.74) is 2.76. The first-order chi connectivity index (χ1) is 16.6. The van der Waals surface area contributed by atoms with Crippen molar-refractivity contribution < 1.29 is 18.7 Å². The lowest BCUT2D eigenvalue weighted by atomic mass is 10.1. The zero-order chi connectivity index (χ0) is 25.4. The predicted octanol–water partition coefficient (Wildman–Crippen LogP) is 4.72. The Hall–Kier alpha value is -3.91. The zero-order valence-electron chi connectivity index (χ0n) is 19.6. The number of benzene rings is 2. The Kier molecular flexibility index (Phi) is 6.49. The first-order valence-electron chi connectivity index (χ1n) is 10.8. The van der Waals surface area contributed by atoms with Crippen LogP contribution in [0.15, 0.2) is 59.4 Å². The predicted molar refractivity (Wildman–Crippen MR) is 131 cm³/mol. The van der Waals surface area contributed by atoms with Crippen molar-refractivity contribution in [2.75, 3.05) is 6.61 Å². The minimum atomic E-state index is -0.989. The minimum absolute atomic E-state index is 0.174. The van der Waals surface area contributed by atoms with Gasteiger partial charge in [-0.05, 0) is 57.2 Å². The molecule has 35 heavy (non-hydrogen) atoms. The molecular weight excluding hydrogens is 473 g/mol. The Bertz CT molecular complexity index is 1520. The maximum atomic E-state index is 13.9. The number of carbonyl (C=O) groups excluding carboxylic acids is 2. The van der Waals surface area contributed by atoms with Crippen LogP contribution in [0.25, 0.3) is 11.4 Å². The van der Waals surface area contributed by atoms with Gasteiger partial charge in [0.25, 0.3) is 5.56 Å². The highest BCUT2D eigenvalue weighted by molar-refractivity contribution is 6.30. The van der Waals surface area contributed by atoms with Gasteiger partial charge in [0.1, 0.15) is 11.5 Å². The summed E-state index contributed by atoms with van der Waals surface area (Å²) in [4.78, 5) is 38.6. The quantitative estimate of drug-likeness (QED) is 0.286. The number of nitrogens with zero attached hydrogens (tertiary/aromatic N) is 3. The number of aromatic nitrogens is 3. The summed E-state index contributed by atoms with van der Waals surface area (Å²) >= 11 is 5.82. The molecule has 0 fully saturated rings. The molecule has 9 heteroatoms. The molecule has 0 aliphatic heterocycles. The number of ether oxygens (including phenoxy) is 1. The van der Waals surface area contributed by atoms with E-state index in [0.29, 0.717) is 34.0 Å². The van der Waals surface area contributed by atoms with E-state index in [0.717, 1.165) is 12.1 Å². The molecule has 0 radical (unpaired) electrons. The summed E-state index contributed by atoms with van der Waals surface area (Å²) in [6.45, 7) is 4.75. The third-order valence-electron chi connectivity index (χ3n) is 5.96. The van der Waals surface area contributed by atoms with E-state index >= 15 is 0 Å². The highest BCUT2D eigenvalue weighted by atomic mass is 35.5. The third-order valence-corrected chi connectivity index (χ3v) is 6.20. The average molecular weight is 496 g/mol. The summed E-state index contributed by atoms with van der Waals surface area (Å²) in [5, 5.41) is 0.174. The molecule has 0 atom stereocenters. The van der Waals surface area contributed by atoms with Crippen LogP contribution in [0.3, 0.4) is 0 Å².